The lowest BCUT2D eigenvalue weighted by Gasteiger charge is -2.10. The number of thiophene rings is 2. The van der Waals surface area contributed by atoms with Crippen molar-refractivity contribution in [1.82, 2.24) is 15.0 Å². The fraction of sp³-hybridized carbons (Fsp3) is 0. The van der Waals surface area contributed by atoms with Crippen LogP contribution in [0.1, 0.15) is 8.22 Å². The Morgan fingerprint density at radius 3 is 1.40 bits per heavy atom. The SMILES string of the molecule is [2H]c1c([2H])c(-c2cccc(-c3ccccc3)c2)c2c(sc3c([2H])c(-c4nc(-c5ccc(-c6ccccc6)cc5)nc(-c5ccc(-c6cccc7c6sc6c(-c8ccccc8)cccc67)cc5)n4)c([2H])c([2H])c32)c1[2H]. The summed E-state index contributed by atoms with van der Waals surface area (Å²) < 4.78 is 59.7. The summed E-state index contributed by atoms with van der Waals surface area (Å²) in [6, 6.07) is 66.2. The van der Waals surface area contributed by atoms with E-state index in [1.807, 2.05) is 115 Å². The zero-order valence-corrected chi connectivity index (χ0v) is 37.8. The zero-order chi connectivity index (χ0) is 50.2. The molecule has 0 atom stereocenters. The normalized spacial score (nSPS) is 12.8. The molecule has 0 N–H and O–H groups in total. The van der Waals surface area contributed by atoms with Crippen LogP contribution in [0.15, 0.2) is 236 Å². The van der Waals surface area contributed by atoms with Crippen molar-refractivity contribution in [1.29, 1.82) is 0 Å². The average molecular weight is 908 g/mol. The fourth-order valence-electron chi connectivity index (χ4n) is 9.14. The van der Waals surface area contributed by atoms with Gasteiger partial charge < -0.3 is 0 Å². The van der Waals surface area contributed by atoms with E-state index in [9.17, 15) is 5.48 Å². The van der Waals surface area contributed by atoms with Gasteiger partial charge in [0, 0.05) is 57.0 Å². The third-order valence-electron chi connectivity index (χ3n) is 12.5. The van der Waals surface area contributed by atoms with Crippen LogP contribution in [0.4, 0.5) is 0 Å². The molecule has 5 heteroatoms. The van der Waals surface area contributed by atoms with Crippen molar-refractivity contribution in [2.24, 2.45) is 0 Å². The van der Waals surface area contributed by atoms with Gasteiger partial charge >= 0.3 is 0 Å². The van der Waals surface area contributed by atoms with Crippen molar-refractivity contribution < 1.29 is 8.22 Å². The van der Waals surface area contributed by atoms with Crippen molar-refractivity contribution in [3.8, 4) is 89.8 Å². The highest BCUT2D eigenvalue weighted by molar-refractivity contribution is 7.27. The number of nitrogens with zero attached hydrogens (tertiary/aromatic N) is 3. The molecule has 318 valence electrons. The minimum atomic E-state index is -0.260. The summed E-state index contributed by atoms with van der Waals surface area (Å²) in [7, 11) is 0. The van der Waals surface area contributed by atoms with Crippen LogP contribution in [-0.2, 0) is 0 Å². The molecule has 0 aliphatic carbocycles. The van der Waals surface area contributed by atoms with Gasteiger partial charge in [-0.2, -0.15) is 0 Å². The lowest BCUT2D eigenvalue weighted by molar-refractivity contribution is 1.07. The molecule has 0 spiro atoms. The molecule has 3 nitrogen and oxygen atoms in total. The van der Waals surface area contributed by atoms with Crippen LogP contribution in [0.3, 0.4) is 0 Å². The highest BCUT2D eigenvalue weighted by atomic mass is 32.1. The van der Waals surface area contributed by atoms with Gasteiger partial charge in [0.05, 0.1) is 8.22 Å². The van der Waals surface area contributed by atoms with Gasteiger partial charge in [0.1, 0.15) is 0 Å². The smallest absolute Gasteiger partial charge is 0.164 e. The van der Waals surface area contributed by atoms with E-state index >= 15 is 0 Å². The van der Waals surface area contributed by atoms with E-state index in [0.717, 1.165) is 44.7 Å². The molecular weight excluding hydrogens is 863 g/mol. The Morgan fingerprint density at radius 2 is 0.779 bits per heavy atom. The van der Waals surface area contributed by atoms with Gasteiger partial charge in [0.2, 0.25) is 0 Å². The predicted molar refractivity (Wildman–Crippen MR) is 289 cm³/mol. The number of rotatable bonds is 8. The second-order valence-corrected chi connectivity index (χ2v) is 18.7. The Balaban J connectivity index is 0.968. The second-order valence-electron chi connectivity index (χ2n) is 16.6. The van der Waals surface area contributed by atoms with Gasteiger partial charge in [-0.25, -0.2) is 15.0 Å². The van der Waals surface area contributed by atoms with Crippen LogP contribution >= 0.6 is 22.7 Å². The van der Waals surface area contributed by atoms with Gasteiger partial charge in [-0.15, -0.1) is 22.7 Å². The number of fused-ring (bicyclic) bond motifs is 6. The first-order valence-electron chi connectivity index (χ1n) is 25.3. The van der Waals surface area contributed by atoms with Gasteiger partial charge in [-0.1, -0.05) is 218 Å². The summed E-state index contributed by atoms with van der Waals surface area (Å²) >= 11 is 2.93. The molecule has 3 heterocycles. The van der Waals surface area contributed by atoms with E-state index < -0.39 is 0 Å². The number of benzene rings is 10. The lowest BCUT2D eigenvalue weighted by Crippen LogP contribution is -2.00. The first-order chi connectivity index (χ1) is 36.2. The van der Waals surface area contributed by atoms with Crippen LogP contribution in [0.25, 0.3) is 130 Å². The summed E-state index contributed by atoms with van der Waals surface area (Å²) in [4.78, 5) is 15.1. The maximum atomic E-state index is 9.86. The summed E-state index contributed by atoms with van der Waals surface area (Å²) in [5.74, 6) is 0.744. The summed E-state index contributed by atoms with van der Waals surface area (Å²) in [5.41, 5.74) is 11.0. The Hall–Kier alpha value is -8.35. The molecule has 0 radical (unpaired) electrons. The molecule has 0 aliphatic heterocycles. The van der Waals surface area contributed by atoms with Crippen LogP contribution in [0.2, 0.25) is 0 Å². The third kappa shape index (κ3) is 7.17. The molecule has 13 aromatic rings. The van der Waals surface area contributed by atoms with E-state index in [2.05, 4.69) is 84.9 Å². The van der Waals surface area contributed by atoms with E-state index in [4.69, 9.17) is 17.7 Å². The maximum Gasteiger partial charge on any atom is 0.164 e. The molecule has 0 fully saturated rings. The second kappa shape index (κ2) is 16.8. The van der Waals surface area contributed by atoms with Crippen LogP contribution in [0.5, 0.6) is 0 Å². The third-order valence-corrected chi connectivity index (χ3v) is 14.8. The molecule has 3 aromatic heterocycles. The van der Waals surface area contributed by atoms with Crippen molar-refractivity contribution in [2.75, 3.05) is 0 Å². The number of hydrogen-bond acceptors (Lipinski definition) is 5. The summed E-state index contributed by atoms with van der Waals surface area (Å²) in [5, 5.41) is 3.12. The predicted octanol–water partition coefficient (Wildman–Crippen LogP) is 17.9. The van der Waals surface area contributed by atoms with Crippen molar-refractivity contribution in [3.63, 3.8) is 0 Å². The lowest BCUT2D eigenvalue weighted by atomic mass is 9.96. The highest BCUT2D eigenvalue weighted by Crippen LogP contribution is 2.45. The molecule has 0 aliphatic rings. The first kappa shape index (κ1) is 34.0. The Bertz CT molecular complexity index is 4350. The molecule has 0 unspecified atom stereocenters. The standard InChI is InChI=1S/C63H39N3S2/c1-4-14-40(15-5-1)42-28-32-45(33-29-42)61-64-62(46-34-30-44(31-35-46)52-24-12-26-54-53-25-11-23-51(59(53)68-60(52)54)43-18-8-3-9-19-43)66-63(65-61)49-36-37-55-57(39-49)67-56-27-13-22-50(58(55)56)48-21-10-20-47(38-48)41-16-6-2-7-17-41/h1-39H/i13D,22D,27D,36D,37D,39D. The molecule has 68 heavy (non-hydrogen) atoms. The quantitative estimate of drug-likeness (QED) is 0.152. The summed E-state index contributed by atoms with van der Waals surface area (Å²) in [6.07, 6.45) is 0. The first-order valence-corrected chi connectivity index (χ1v) is 24.0. The molecule has 0 saturated heterocycles. The molecule has 0 amide bonds. The molecular formula is C63H39N3S2. The number of hydrogen-bond donors (Lipinski definition) is 0. The van der Waals surface area contributed by atoms with E-state index in [1.165, 1.54) is 31.3 Å². The number of aromatic nitrogens is 3. The molecule has 10 aromatic carbocycles. The van der Waals surface area contributed by atoms with Gasteiger partial charge in [0.25, 0.3) is 0 Å². The zero-order valence-electron chi connectivity index (χ0n) is 42.2. The Kier molecular flexibility index (Phi) is 8.42. The average Bonchev–Trinajstić information content (AvgIpc) is 4.09. The summed E-state index contributed by atoms with van der Waals surface area (Å²) in [6.45, 7) is 0. The molecule has 0 saturated carbocycles. The van der Waals surface area contributed by atoms with Gasteiger partial charge in [-0.05, 0) is 73.8 Å². The molecule has 0 bridgehead atoms. The fourth-order valence-corrected chi connectivity index (χ4v) is 11.5. The topological polar surface area (TPSA) is 38.7 Å². The van der Waals surface area contributed by atoms with E-state index in [0.29, 0.717) is 48.7 Å². The maximum absolute atomic E-state index is 9.86. The van der Waals surface area contributed by atoms with Crippen molar-refractivity contribution in [3.05, 3.63) is 236 Å². The Labute approximate surface area is 410 Å². The van der Waals surface area contributed by atoms with Crippen LogP contribution in [0, 0.1) is 0 Å². The minimum absolute atomic E-state index is 0.0548. The Morgan fingerprint density at radius 1 is 0.309 bits per heavy atom. The van der Waals surface area contributed by atoms with Crippen molar-refractivity contribution in [2.45, 2.75) is 0 Å². The monoisotopic (exact) mass is 907 g/mol. The highest BCUT2D eigenvalue weighted by Gasteiger charge is 2.18. The minimum Gasteiger partial charge on any atom is -0.208 e. The molecule has 13 rings (SSSR count). The van der Waals surface area contributed by atoms with Crippen LogP contribution < -0.4 is 0 Å². The van der Waals surface area contributed by atoms with Crippen LogP contribution in [-0.4, -0.2) is 15.0 Å². The largest absolute Gasteiger partial charge is 0.208 e. The van der Waals surface area contributed by atoms with E-state index in [-0.39, 0.29) is 53.0 Å². The van der Waals surface area contributed by atoms with E-state index in [1.54, 1.807) is 11.3 Å². The van der Waals surface area contributed by atoms with Gasteiger partial charge in [-0.3, -0.25) is 0 Å². The van der Waals surface area contributed by atoms with Gasteiger partial charge in [0.15, 0.2) is 17.5 Å². The van der Waals surface area contributed by atoms with Crippen molar-refractivity contribution >= 4 is 63.0 Å².